The highest BCUT2D eigenvalue weighted by Crippen LogP contribution is 2.24. The van der Waals surface area contributed by atoms with Crippen LogP contribution < -0.4 is 11.3 Å². The molecule has 2 atom stereocenters. The van der Waals surface area contributed by atoms with E-state index in [1.54, 1.807) is 16.8 Å². The van der Waals surface area contributed by atoms with Gasteiger partial charge >= 0.3 is 0 Å². The Morgan fingerprint density at radius 1 is 1.37 bits per heavy atom. The second kappa shape index (κ2) is 6.48. The van der Waals surface area contributed by atoms with E-state index in [9.17, 15) is 4.79 Å². The average Bonchev–Trinajstić information content (AvgIpc) is 2.38. The summed E-state index contributed by atoms with van der Waals surface area (Å²) in [6.45, 7) is 7.54. The molecule has 2 N–H and O–H groups in total. The molecule has 0 bridgehead atoms. The van der Waals surface area contributed by atoms with Crippen molar-refractivity contribution in [3.8, 4) is 0 Å². The molecule has 0 aliphatic carbocycles. The van der Waals surface area contributed by atoms with E-state index in [1.807, 2.05) is 0 Å². The number of rotatable bonds is 4. The number of nitrogens with two attached hydrogens (primary N) is 1. The lowest BCUT2D eigenvalue weighted by Gasteiger charge is -2.37. The zero-order valence-electron chi connectivity index (χ0n) is 11.7. The number of pyridine rings is 1. The summed E-state index contributed by atoms with van der Waals surface area (Å²) < 4.78 is 1.71. The molecule has 1 fully saturated rings. The third kappa shape index (κ3) is 3.76. The lowest BCUT2D eigenvalue weighted by atomic mass is 10.2. The van der Waals surface area contributed by atoms with Crippen LogP contribution >= 0.6 is 11.8 Å². The lowest BCUT2D eigenvalue weighted by Crippen LogP contribution is -2.45. The molecule has 2 unspecified atom stereocenters. The number of aryl methyl sites for hydroxylation is 1. The van der Waals surface area contributed by atoms with E-state index < -0.39 is 0 Å². The molecule has 1 aliphatic heterocycles. The fourth-order valence-corrected chi connectivity index (χ4v) is 3.64. The van der Waals surface area contributed by atoms with Crippen LogP contribution in [0.15, 0.2) is 23.1 Å². The number of nitrogen functional groups attached to an aromatic ring is 1. The first-order valence-corrected chi connectivity index (χ1v) is 7.94. The van der Waals surface area contributed by atoms with Crippen LogP contribution in [0.1, 0.15) is 20.3 Å². The lowest BCUT2D eigenvalue weighted by molar-refractivity contribution is 0.207. The summed E-state index contributed by atoms with van der Waals surface area (Å²) in [6.07, 6.45) is 2.73. The van der Waals surface area contributed by atoms with E-state index in [-0.39, 0.29) is 5.56 Å². The Hall–Kier alpha value is -0.940. The fourth-order valence-electron chi connectivity index (χ4n) is 2.48. The Kier molecular flexibility index (Phi) is 4.93. The zero-order chi connectivity index (χ0) is 13.8. The Morgan fingerprint density at radius 2 is 2.16 bits per heavy atom. The summed E-state index contributed by atoms with van der Waals surface area (Å²) in [5, 5.41) is 0.698. The highest BCUT2D eigenvalue weighted by molar-refractivity contribution is 8.00. The Bertz CT molecular complexity index is 474. The number of hydrogen-bond donors (Lipinski definition) is 1. The van der Waals surface area contributed by atoms with Crippen molar-refractivity contribution < 1.29 is 0 Å². The van der Waals surface area contributed by atoms with Crippen LogP contribution in [-0.4, -0.2) is 39.6 Å². The smallest absolute Gasteiger partial charge is 0.250 e. The largest absolute Gasteiger partial charge is 0.398 e. The summed E-state index contributed by atoms with van der Waals surface area (Å²) in [5.41, 5.74) is 6.39. The summed E-state index contributed by atoms with van der Waals surface area (Å²) in [6, 6.07) is 3.82. The monoisotopic (exact) mass is 281 g/mol. The third-order valence-electron chi connectivity index (χ3n) is 3.87. The van der Waals surface area contributed by atoms with Gasteiger partial charge in [-0.25, -0.2) is 0 Å². The molecule has 0 spiro atoms. The molecule has 1 aromatic rings. The Labute approximate surface area is 119 Å². The van der Waals surface area contributed by atoms with Crippen LogP contribution in [0.4, 0.5) is 5.69 Å². The Morgan fingerprint density at radius 3 is 2.95 bits per heavy atom. The molecule has 4 nitrogen and oxygen atoms in total. The summed E-state index contributed by atoms with van der Waals surface area (Å²) in [4.78, 5) is 14.2. The van der Waals surface area contributed by atoms with Gasteiger partial charge in [0, 0.05) is 54.6 Å². The van der Waals surface area contributed by atoms with Crippen LogP contribution in [-0.2, 0) is 6.54 Å². The van der Waals surface area contributed by atoms with Gasteiger partial charge in [-0.2, -0.15) is 11.8 Å². The maximum Gasteiger partial charge on any atom is 0.250 e. The second-order valence-electron chi connectivity index (χ2n) is 5.20. The number of nitrogens with zero attached hydrogens (tertiary/aromatic N) is 2. The highest BCUT2D eigenvalue weighted by atomic mass is 32.2. The van der Waals surface area contributed by atoms with Crippen LogP contribution in [0.5, 0.6) is 0 Å². The van der Waals surface area contributed by atoms with Gasteiger partial charge in [0.25, 0.3) is 5.56 Å². The van der Waals surface area contributed by atoms with E-state index >= 15 is 0 Å². The van der Waals surface area contributed by atoms with E-state index in [0.717, 1.165) is 26.1 Å². The number of anilines is 1. The van der Waals surface area contributed by atoms with Gasteiger partial charge in [0.15, 0.2) is 0 Å². The summed E-state index contributed by atoms with van der Waals surface area (Å²) >= 11 is 2.05. The van der Waals surface area contributed by atoms with Gasteiger partial charge in [-0.3, -0.25) is 9.69 Å². The van der Waals surface area contributed by atoms with Crippen molar-refractivity contribution in [2.24, 2.45) is 0 Å². The number of aromatic nitrogens is 1. The first kappa shape index (κ1) is 14.5. The van der Waals surface area contributed by atoms with Gasteiger partial charge < -0.3 is 10.3 Å². The van der Waals surface area contributed by atoms with E-state index in [2.05, 4.69) is 30.5 Å². The van der Waals surface area contributed by atoms with Crippen LogP contribution in [0.25, 0.3) is 0 Å². The summed E-state index contributed by atoms with van der Waals surface area (Å²) in [5.74, 6) is 1.21. The van der Waals surface area contributed by atoms with Crippen LogP contribution in [0, 0.1) is 0 Å². The summed E-state index contributed by atoms with van der Waals surface area (Å²) in [7, 11) is 0. The molecule has 0 aromatic carbocycles. The standard InChI is InChI=1S/C14H23N3OS/c1-11-12(2)19-9-8-16(11)6-3-7-17-10-13(15)4-5-14(17)18/h4-5,10-12H,3,6-9,15H2,1-2H3. The highest BCUT2D eigenvalue weighted by Gasteiger charge is 2.24. The molecule has 106 valence electrons. The van der Waals surface area contributed by atoms with Gasteiger partial charge in [0.05, 0.1) is 0 Å². The molecular formula is C14H23N3OS. The zero-order valence-corrected chi connectivity index (χ0v) is 12.5. The van der Waals surface area contributed by atoms with Crippen molar-refractivity contribution in [3.63, 3.8) is 0 Å². The molecule has 0 saturated carbocycles. The van der Waals surface area contributed by atoms with Gasteiger partial charge in [0.2, 0.25) is 0 Å². The maximum absolute atomic E-state index is 11.7. The fraction of sp³-hybridized carbons (Fsp3) is 0.643. The van der Waals surface area contributed by atoms with E-state index in [4.69, 9.17) is 5.73 Å². The topological polar surface area (TPSA) is 51.3 Å². The number of thioether (sulfide) groups is 1. The molecule has 1 aliphatic rings. The van der Waals surface area contributed by atoms with Gasteiger partial charge in [-0.15, -0.1) is 0 Å². The SMILES string of the molecule is CC1SCCN(CCCn2cc(N)ccc2=O)C1C. The predicted octanol–water partition coefficient (Wildman–Crippen LogP) is 1.65. The van der Waals surface area contributed by atoms with E-state index in [1.165, 1.54) is 11.8 Å². The normalized spacial score (nSPS) is 24.5. The Balaban J connectivity index is 1.86. The molecule has 1 aromatic heterocycles. The van der Waals surface area contributed by atoms with Gasteiger partial charge in [-0.1, -0.05) is 6.92 Å². The van der Waals surface area contributed by atoms with Crippen molar-refractivity contribution in [3.05, 3.63) is 28.7 Å². The second-order valence-corrected chi connectivity index (χ2v) is 6.69. The maximum atomic E-state index is 11.7. The average molecular weight is 281 g/mol. The molecule has 2 heterocycles. The van der Waals surface area contributed by atoms with Crippen molar-refractivity contribution in [2.75, 3.05) is 24.6 Å². The predicted molar refractivity (Wildman–Crippen MR) is 82.7 cm³/mol. The van der Waals surface area contributed by atoms with Crippen molar-refractivity contribution in [1.29, 1.82) is 0 Å². The molecule has 0 radical (unpaired) electrons. The van der Waals surface area contributed by atoms with Gasteiger partial charge in [-0.05, 0) is 19.4 Å². The third-order valence-corrected chi connectivity index (χ3v) is 5.20. The molecule has 2 rings (SSSR count). The molecule has 19 heavy (non-hydrogen) atoms. The van der Waals surface area contributed by atoms with Crippen molar-refractivity contribution in [2.45, 2.75) is 38.1 Å². The minimum absolute atomic E-state index is 0.0322. The first-order valence-electron chi connectivity index (χ1n) is 6.89. The quantitative estimate of drug-likeness (QED) is 0.911. The first-order chi connectivity index (χ1) is 9.08. The van der Waals surface area contributed by atoms with Crippen molar-refractivity contribution >= 4 is 17.4 Å². The minimum atomic E-state index is 0.0322. The van der Waals surface area contributed by atoms with Crippen LogP contribution in [0.2, 0.25) is 0 Å². The number of hydrogen-bond acceptors (Lipinski definition) is 4. The van der Waals surface area contributed by atoms with Crippen molar-refractivity contribution in [1.82, 2.24) is 9.47 Å². The molecular weight excluding hydrogens is 258 g/mol. The van der Waals surface area contributed by atoms with Crippen LogP contribution in [0.3, 0.4) is 0 Å². The van der Waals surface area contributed by atoms with Gasteiger partial charge in [0.1, 0.15) is 0 Å². The molecule has 1 saturated heterocycles. The minimum Gasteiger partial charge on any atom is -0.398 e. The molecule has 5 heteroatoms. The molecule has 0 amide bonds. The van der Waals surface area contributed by atoms with E-state index in [0.29, 0.717) is 17.0 Å².